The maximum atomic E-state index is 11.6. The normalized spacial score (nSPS) is 10.5. The smallest absolute Gasteiger partial charge is 0.266 e. The van der Waals surface area contributed by atoms with E-state index >= 15 is 0 Å². The Morgan fingerprint density at radius 2 is 2.11 bits per heavy atom. The van der Waals surface area contributed by atoms with E-state index in [-0.39, 0.29) is 5.56 Å². The summed E-state index contributed by atoms with van der Waals surface area (Å²) < 4.78 is 6.61. The minimum Gasteiger partial charge on any atom is -0.496 e. The van der Waals surface area contributed by atoms with Crippen LogP contribution in [-0.4, -0.2) is 23.4 Å². The Labute approximate surface area is 111 Å². The van der Waals surface area contributed by atoms with Gasteiger partial charge in [-0.05, 0) is 36.8 Å². The van der Waals surface area contributed by atoms with Crippen LogP contribution < -0.4 is 16.0 Å². The maximum absolute atomic E-state index is 11.6. The monoisotopic (exact) mass is 259 g/mol. The van der Waals surface area contributed by atoms with E-state index in [0.717, 1.165) is 22.6 Å². The maximum Gasteiger partial charge on any atom is 0.266 e. The molecule has 0 unspecified atom stereocenters. The number of aryl methyl sites for hydroxylation is 1. The van der Waals surface area contributed by atoms with Gasteiger partial charge in [0.25, 0.3) is 5.56 Å². The Morgan fingerprint density at radius 1 is 1.32 bits per heavy atom. The Morgan fingerprint density at radius 3 is 2.74 bits per heavy atom. The SMILES string of the molecule is COc1ccc(-c2ccc(=O)n(CCN)n2)cc1C. The van der Waals surface area contributed by atoms with Gasteiger partial charge in [0.15, 0.2) is 0 Å². The lowest BCUT2D eigenvalue weighted by atomic mass is 10.1. The van der Waals surface area contributed by atoms with E-state index in [9.17, 15) is 4.79 Å². The summed E-state index contributed by atoms with van der Waals surface area (Å²) in [6.45, 7) is 2.78. The summed E-state index contributed by atoms with van der Waals surface area (Å²) in [5.74, 6) is 0.832. The fraction of sp³-hybridized carbons (Fsp3) is 0.286. The molecule has 100 valence electrons. The molecule has 0 spiro atoms. The third kappa shape index (κ3) is 2.82. The van der Waals surface area contributed by atoms with Gasteiger partial charge < -0.3 is 10.5 Å². The lowest BCUT2D eigenvalue weighted by molar-refractivity contribution is 0.412. The molecular weight excluding hydrogens is 242 g/mol. The lowest BCUT2D eigenvalue weighted by Gasteiger charge is -2.08. The van der Waals surface area contributed by atoms with E-state index in [1.807, 2.05) is 25.1 Å². The zero-order valence-corrected chi connectivity index (χ0v) is 11.1. The average molecular weight is 259 g/mol. The van der Waals surface area contributed by atoms with Crippen LogP contribution in [0.4, 0.5) is 0 Å². The highest BCUT2D eigenvalue weighted by atomic mass is 16.5. The summed E-state index contributed by atoms with van der Waals surface area (Å²) >= 11 is 0. The van der Waals surface area contributed by atoms with Crippen molar-refractivity contribution in [3.8, 4) is 17.0 Å². The summed E-state index contributed by atoms with van der Waals surface area (Å²) in [7, 11) is 1.64. The molecule has 0 saturated carbocycles. The molecule has 2 N–H and O–H groups in total. The van der Waals surface area contributed by atoms with Gasteiger partial charge in [-0.2, -0.15) is 5.10 Å². The molecule has 0 radical (unpaired) electrons. The summed E-state index contributed by atoms with van der Waals surface area (Å²) in [4.78, 5) is 11.6. The highest BCUT2D eigenvalue weighted by molar-refractivity contribution is 5.61. The fourth-order valence-electron chi connectivity index (χ4n) is 1.92. The second-order valence-corrected chi connectivity index (χ2v) is 4.25. The Balaban J connectivity index is 2.44. The quantitative estimate of drug-likeness (QED) is 0.895. The van der Waals surface area contributed by atoms with Crippen molar-refractivity contribution >= 4 is 0 Å². The fourth-order valence-corrected chi connectivity index (χ4v) is 1.92. The van der Waals surface area contributed by atoms with Crippen molar-refractivity contribution in [3.05, 3.63) is 46.2 Å². The number of methoxy groups -OCH3 is 1. The van der Waals surface area contributed by atoms with Crippen molar-refractivity contribution in [2.75, 3.05) is 13.7 Å². The van der Waals surface area contributed by atoms with Crippen LogP contribution in [0.2, 0.25) is 0 Å². The molecule has 1 aromatic carbocycles. The van der Waals surface area contributed by atoms with Crippen LogP contribution in [0.25, 0.3) is 11.3 Å². The molecule has 0 amide bonds. The summed E-state index contributed by atoms with van der Waals surface area (Å²) in [6, 6.07) is 9.03. The molecule has 2 rings (SSSR count). The number of aromatic nitrogens is 2. The van der Waals surface area contributed by atoms with Crippen LogP contribution >= 0.6 is 0 Å². The average Bonchev–Trinajstić information content (AvgIpc) is 2.41. The first-order valence-electron chi connectivity index (χ1n) is 6.09. The van der Waals surface area contributed by atoms with Gasteiger partial charge in [0.05, 0.1) is 19.3 Å². The first-order chi connectivity index (χ1) is 9.15. The Kier molecular flexibility index (Phi) is 3.97. The highest BCUT2D eigenvalue weighted by Gasteiger charge is 2.05. The minimum absolute atomic E-state index is 0.139. The molecule has 0 aliphatic heterocycles. The molecule has 0 aliphatic carbocycles. The van der Waals surface area contributed by atoms with Crippen LogP contribution in [0.1, 0.15) is 5.56 Å². The second kappa shape index (κ2) is 5.67. The van der Waals surface area contributed by atoms with Crippen molar-refractivity contribution in [3.63, 3.8) is 0 Å². The number of rotatable bonds is 4. The second-order valence-electron chi connectivity index (χ2n) is 4.25. The van der Waals surface area contributed by atoms with Gasteiger partial charge in [0, 0.05) is 18.2 Å². The molecule has 0 saturated heterocycles. The van der Waals surface area contributed by atoms with E-state index in [1.54, 1.807) is 13.2 Å². The van der Waals surface area contributed by atoms with Gasteiger partial charge in [-0.25, -0.2) is 4.68 Å². The predicted octanol–water partition coefficient (Wildman–Crippen LogP) is 1.19. The standard InChI is InChI=1S/C14H17N3O2/c1-10-9-11(3-5-13(10)19-2)12-4-6-14(18)17(16-12)8-7-15/h3-6,9H,7-8,15H2,1-2H3. The molecule has 0 atom stereocenters. The topological polar surface area (TPSA) is 70.1 Å². The van der Waals surface area contributed by atoms with E-state index in [0.29, 0.717) is 13.1 Å². The molecule has 0 bridgehead atoms. The van der Waals surface area contributed by atoms with Gasteiger partial charge in [-0.1, -0.05) is 0 Å². The molecule has 2 aromatic rings. The lowest BCUT2D eigenvalue weighted by Crippen LogP contribution is -2.25. The third-order valence-corrected chi connectivity index (χ3v) is 2.90. The minimum atomic E-state index is -0.139. The number of nitrogens with zero attached hydrogens (tertiary/aromatic N) is 2. The molecule has 1 heterocycles. The molecule has 5 heteroatoms. The molecule has 5 nitrogen and oxygen atoms in total. The van der Waals surface area contributed by atoms with Gasteiger partial charge in [0.1, 0.15) is 5.75 Å². The van der Waals surface area contributed by atoms with E-state index in [4.69, 9.17) is 10.5 Å². The number of hydrogen-bond acceptors (Lipinski definition) is 4. The number of benzene rings is 1. The van der Waals surface area contributed by atoms with Crippen molar-refractivity contribution < 1.29 is 4.74 Å². The number of hydrogen-bond donors (Lipinski definition) is 1. The van der Waals surface area contributed by atoms with Crippen LogP contribution in [-0.2, 0) is 6.54 Å². The Bertz CT molecular complexity index is 635. The predicted molar refractivity (Wildman–Crippen MR) is 74.3 cm³/mol. The van der Waals surface area contributed by atoms with E-state index < -0.39 is 0 Å². The Hall–Kier alpha value is -2.14. The third-order valence-electron chi connectivity index (χ3n) is 2.90. The van der Waals surface area contributed by atoms with Crippen molar-refractivity contribution in [1.29, 1.82) is 0 Å². The number of ether oxygens (including phenoxy) is 1. The van der Waals surface area contributed by atoms with Crippen molar-refractivity contribution in [2.24, 2.45) is 5.73 Å². The van der Waals surface area contributed by atoms with Gasteiger partial charge in [-0.15, -0.1) is 0 Å². The van der Waals surface area contributed by atoms with Crippen molar-refractivity contribution in [2.45, 2.75) is 13.5 Å². The van der Waals surface area contributed by atoms with Crippen molar-refractivity contribution in [1.82, 2.24) is 9.78 Å². The van der Waals surface area contributed by atoms with Gasteiger partial charge in [0.2, 0.25) is 0 Å². The summed E-state index contributed by atoms with van der Waals surface area (Å²) in [6.07, 6.45) is 0. The molecule has 0 aliphatic rings. The first kappa shape index (κ1) is 13.3. The first-order valence-corrected chi connectivity index (χ1v) is 6.09. The van der Waals surface area contributed by atoms with E-state index in [2.05, 4.69) is 5.10 Å². The van der Waals surface area contributed by atoms with Crippen LogP contribution in [0.3, 0.4) is 0 Å². The van der Waals surface area contributed by atoms with E-state index in [1.165, 1.54) is 10.7 Å². The largest absolute Gasteiger partial charge is 0.496 e. The molecule has 0 fully saturated rings. The van der Waals surface area contributed by atoms with Gasteiger partial charge >= 0.3 is 0 Å². The van der Waals surface area contributed by atoms with Gasteiger partial charge in [-0.3, -0.25) is 4.79 Å². The summed E-state index contributed by atoms with van der Waals surface area (Å²) in [5.41, 5.74) is 8.05. The highest BCUT2D eigenvalue weighted by Crippen LogP contribution is 2.24. The van der Waals surface area contributed by atoms with Crippen LogP contribution in [0.15, 0.2) is 35.1 Å². The van der Waals surface area contributed by atoms with Crippen LogP contribution in [0, 0.1) is 6.92 Å². The number of nitrogens with two attached hydrogens (primary N) is 1. The zero-order valence-electron chi connectivity index (χ0n) is 11.1. The summed E-state index contributed by atoms with van der Waals surface area (Å²) in [5, 5.41) is 4.31. The molecule has 19 heavy (non-hydrogen) atoms. The molecule has 1 aromatic heterocycles. The molecular formula is C14H17N3O2. The van der Waals surface area contributed by atoms with Crippen LogP contribution in [0.5, 0.6) is 5.75 Å². The zero-order chi connectivity index (χ0) is 13.8.